The van der Waals surface area contributed by atoms with Crippen LogP contribution in [0.15, 0.2) is 10.6 Å². The lowest BCUT2D eigenvalue weighted by molar-refractivity contribution is 0.393. The molecular weight excluding hydrogens is 230 g/mol. The van der Waals surface area contributed by atoms with Gasteiger partial charge in [-0.25, -0.2) is 15.8 Å². The summed E-state index contributed by atoms with van der Waals surface area (Å²) >= 11 is 0. The fourth-order valence-electron chi connectivity index (χ4n) is 2.04. The summed E-state index contributed by atoms with van der Waals surface area (Å²) < 4.78 is 5.16. The van der Waals surface area contributed by atoms with E-state index in [9.17, 15) is 0 Å². The first kappa shape index (κ1) is 11.2. The van der Waals surface area contributed by atoms with Gasteiger partial charge in [-0.2, -0.15) is 0 Å². The van der Waals surface area contributed by atoms with Gasteiger partial charge in [0.25, 0.3) is 0 Å². The van der Waals surface area contributed by atoms with Crippen LogP contribution in [0.2, 0.25) is 0 Å². The van der Waals surface area contributed by atoms with Crippen molar-refractivity contribution in [2.75, 3.05) is 5.43 Å². The Morgan fingerprint density at radius 3 is 2.67 bits per heavy atom. The molecule has 3 rings (SSSR count). The lowest BCUT2D eigenvalue weighted by atomic mass is 10.2. The minimum absolute atomic E-state index is 0.541. The summed E-state index contributed by atoms with van der Waals surface area (Å²) in [6.07, 6.45) is 2.37. The highest BCUT2D eigenvalue weighted by Crippen LogP contribution is 2.40. The molecular formula is C12H15N5O. The Labute approximate surface area is 105 Å². The molecule has 1 saturated carbocycles. The van der Waals surface area contributed by atoms with Crippen LogP contribution in [0.5, 0.6) is 0 Å². The minimum atomic E-state index is 0.541. The van der Waals surface area contributed by atoms with Crippen LogP contribution in [0, 0.1) is 13.8 Å². The molecule has 0 unspecified atom stereocenters. The summed E-state index contributed by atoms with van der Waals surface area (Å²) in [4.78, 5) is 8.98. The Kier molecular flexibility index (Phi) is 2.52. The van der Waals surface area contributed by atoms with Crippen LogP contribution in [0.1, 0.15) is 35.9 Å². The topological polar surface area (TPSA) is 89.9 Å². The van der Waals surface area contributed by atoms with E-state index in [0.29, 0.717) is 17.6 Å². The van der Waals surface area contributed by atoms with Crippen molar-refractivity contribution in [2.24, 2.45) is 5.84 Å². The average Bonchev–Trinajstić information content (AvgIpc) is 3.16. The fraction of sp³-hybridized carbons (Fsp3) is 0.417. The predicted molar refractivity (Wildman–Crippen MR) is 66.8 cm³/mol. The summed E-state index contributed by atoms with van der Waals surface area (Å²) in [6.45, 7) is 3.74. The van der Waals surface area contributed by atoms with Crippen molar-refractivity contribution in [1.82, 2.24) is 15.1 Å². The SMILES string of the molecule is Cc1noc(C)c1-c1nc(NN)cc(C2CC2)n1. The van der Waals surface area contributed by atoms with Crippen LogP contribution >= 0.6 is 0 Å². The van der Waals surface area contributed by atoms with Crippen molar-refractivity contribution in [3.63, 3.8) is 0 Å². The second-order valence-electron chi connectivity index (χ2n) is 4.62. The van der Waals surface area contributed by atoms with E-state index in [1.807, 2.05) is 19.9 Å². The van der Waals surface area contributed by atoms with E-state index in [4.69, 9.17) is 10.4 Å². The Hall–Kier alpha value is -1.95. The van der Waals surface area contributed by atoms with Gasteiger partial charge in [-0.3, -0.25) is 0 Å². The first-order valence-electron chi connectivity index (χ1n) is 5.98. The minimum Gasteiger partial charge on any atom is -0.361 e. The molecule has 94 valence electrons. The second kappa shape index (κ2) is 4.06. The molecule has 0 bridgehead atoms. The molecule has 0 saturated heterocycles. The molecule has 6 nitrogen and oxygen atoms in total. The highest BCUT2D eigenvalue weighted by Gasteiger charge is 2.27. The van der Waals surface area contributed by atoms with Gasteiger partial charge in [0.15, 0.2) is 5.82 Å². The van der Waals surface area contributed by atoms with Crippen LogP contribution in [-0.4, -0.2) is 15.1 Å². The Bertz CT molecular complexity index is 569. The van der Waals surface area contributed by atoms with Crippen LogP contribution in [0.25, 0.3) is 11.4 Å². The van der Waals surface area contributed by atoms with Gasteiger partial charge in [0.2, 0.25) is 0 Å². The maximum absolute atomic E-state index is 5.46. The number of nitrogens with two attached hydrogens (primary N) is 1. The zero-order valence-corrected chi connectivity index (χ0v) is 10.4. The molecule has 0 amide bonds. The molecule has 6 heteroatoms. The van der Waals surface area contributed by atoms with Crippen molar-refractivity contribution in [2.45, 2.75) is 32.6 Å². The number of rotatable bonds is 3. The number of hydrazine groups is 1. The maximum atomic E-state index is 5.46. The van der Waals surface area contributed by atoms with Crippen LogP contribution in [0.4, 0.5) is 5.82 Å². The van der Waals surface area contributed by atoms with Gasteiger partial charge in [-0.15, -0.1) is 0 Å². The van der Waals surface area contributed by atoms with Crippen molar-refractivity contribution < 1.29 is 4.52 Å². The largest absolute Gasteiger partial charge is 0.361 e. The number of hydrogen-bond acceptors (Lipinski definition) is 6. The molecule has 0 aliphatic heterocycles. The summed E-state index contributed by atoms with van der Waals surface area (Å²) in [7, 11) is 0. The molecule has 1 aliphatic carbocycles. The number of hydrogen-bond donors (Lipinski definition) is 2. The number of aryl methyl sites for hydroxylation is 2. The van der Waals surface area contributed by atoms with E-state index in [2.05, 4.69) is 20.6 Å². The number of anilines is 1. The quantitative estimate of drug-likeness (QED) is 0.634. The highest BCUT2D eigenvalue weighted by molar-refractivity contribution is 5.62. The lowest BCUT2D eigenvalue weighted by Crippen LogP contribution is -2.10. The third-order valence-electron chi connectivity index (χ3n) is 3.15. The van der Waals surface area contributed by atoms with Gasteiger partial charge in [0.1, 0.15) is 11.6 Å². The lowest BCUT2D eigenvalue weighted by Gasteiger charge is -2.06. The van der Waals surface area contributed by atoms with Crippen molar-refractivity contribution in [1.29, 1.82) is 0 Å². The standard InChI is InChI=1S/C12H15N5O/c1-6-11(7(2)18-17-6)12-14-9(8-3-4-8)5-10(15-12)16-13/h5,8H,3-4,13H2,1-2H3,(H,14,15,16). The van der Waals surface area contributed by atoms with Gasteiger partial charge in [-0.05, 0) is 26.7 Å². The zero-order valence-electron chi connectivity index (χ0n) is 10.4. The number of nitrogens with one attached hydrogen (secondary N) is 1. The fourth-order valence-corrected chi connectivity index (χ4v) is 2.04. The molecule has 0 atom stereocenters. The Morgan fingerprint density at radius 2 is 2.11 bits per heavy atom. The van der Waals surface area contributed by atoms with Crippen LogP contribution in [0.3, 0.4) is 0 Å². The molecule has 0 spiro atoms. The van der Waals surface area contributed by atoms with Crippen molar-refractivity contribution in [3.8, 4) is 11.4 Å². The third kappa shape index (κ3) is 1.84. The third-order valence-corrected chi connectivity index (χ3v) is 3.15. The first-order valence-corrected chi connectivity index (χ1v) is 5.98. The van der Waals surface area contributed by atoms with Gasteiger partial charge in [0.05, 0.1) is 11.3 Å². The first-order chi connectivity index (χ1) is 8.69. The predicted octanol–water partition coefficient (Wildman–Crippen LogP) is 1.91. The molecule has 1 fully saturated rings. The van der Waals surface area contributed by atoms with Crippen LogP contribution in [-0.2, 0) is 0 Å². The average molecular weight is 245 g/mol. The normalized spacial score (nSPS) is 14.8. The summed E-state index contributed by atoms with van der Waals surface area (Å²) in [5.74, 6) is 7.98. The molecule has 0 radical (unpaired) electrons. The molecule has 2 aromatic rings. The van der Waals surface area contributed by atoms with Gasteiger partial charge in [-0.1, -0.05) is 5.16 Å². The summed E-state index contributed by atoms with van der Waals surface area (Å²) in [6, 6.07) is 1.90. The van der Waals surface area contributed by atoms with E-state index in [1.165, 1.54) is 12.8 Å². The van der Waals surface area contributed by atoms with E-state index in [-0.39, 0.29) is 0 Å². The van der Waals surface area contributed by atoms with Gasteiger partial charge in [0, 0.05) is 17.7 Å². The molecule has 2 aromatic heterocycles. The van der Waals surface area contributed by atoms with Crippen molar-refractivity contribution >= 4 is 5.82 Å². The molecule has 1 aliphatic rings. The van der Waals surface area contributed by atoms with Gasteiger partial charge < -0.3 is 9.95 Å². The smallest absolute Gasteiger partial charge is 0.167 e. The Morgan fingerprint density at radius 1 is 1.33 bits per heavy atom. The highest BCUT2D eigenvalue weighted by atomic mass is 16.5. The van der Waals surface area contributed by atoms with E-state index >= 15 is 0 Å². The van der Waals surface area contributed by atoms with E-state index in [0.717, 1.165) is 22.7 Å². The zero-order chi connectivity index (χ0) is 12.7. The van der Waals surface area contributed by atoms with E-state index < -0.39 is 0 Å². The molecule has 2 heterocycles. The number of aromatic nitrogens is 3. The monoisotopic (exact) mass is 245 g/mol. The number of nitrogens with zero attached hydrogens (tertiary/aromatic N) is 3. The molecule has 0 aromatic carbocycles. The second-order valence-corrected chi connectivity index (χ2v) is 4.62. The molecule has 3 N–H and O–H groups in total. The number of nitrogen functional groups attached to an aromatic ring is 1. The molecule has 18 heavy (non-hydrogen) atoms. The van der Waals surface area contributed by atoms with E-state index in [1.54, 1.807) is 0 Å². The maximum Gasteiger partial charge on any atom is 0.167 e. The van der Waals surface area contributed by atoms with Gasteiger partial charge >= 0.3 is 0 Å². The van der Waals surface area contributed by atoms with Crippen LogP contribution < -0.4 is 11.3 Å². The Balaban J connectivity index is 2.13. The summed E-state index contributed by atoms with van der Waals surface area (Å²) in [5, 5.41) is 3.93. The van der Waals surface area contributed by atoms with Crippen molar-refractivity contribution in [3.05, 3.63) is 23.2 Å². The summed E-state index contributed by atoms with van der Waals surface area (Å²) in [5.41, 5.74) is 5.27.